The van der Waals surface area contributed by atoms with Gasteiger partial charge in [0.05, 0.1) is 24.9 Å². The Hall–Kier alpha value is -2.32. The third-order valence-electron chi connectivity index (χ3n) is 4.53. The van der Waals surface area contributed by atoms with Gasteiger partial charge in [0.1, 0.15) is 5.76 Å². The van der Waals surface area contributed by atoms with Crippen molar-refractivity contribution in [1.29, 1.82) is 0 Å². The van der Waals surface area contributed by atoms with Crippen LogP contribution in [-0.2, 0) is 24.1 Å². The van der Waals surface area contributed by atoms with Crippen molar-refractivity contribution < 1.29 is 22.4 Å². The van der Waals surface area contributed by atoms with E-state index in [2.05, 4.69) is 10.2 Å². The molecule has 1 fully saturated rings. The molecule has 5 nitrogen and oxygen atoms in total. The number of hydrogen-bond acceptors (Lipinski definition) is 4. The van der Waals surface area contributed by atoms with Gasteiger partial charge < -0.3 is 9.73 Å². The number of benzene rings is 1. The van der Waals surface area contributed by atoms with E-state index in [-0.39, 0.29) is 5.91 Å². The summed E-state index contributed by atoms with van der Waals surface area (Å²) in [6.45, 7) is 3.96. The molecule has 1 saturated heterocycles. The number of nitrogens with zero attached hydrogens (tertiary/aromatic N) is 2. The van der Waals surface area contributed by atoms with E-state index < -0.39 is 11.7 Å². The van der Waals surface area contributed by atoms with E-state index in [1.165, 1.54) is 12.1 Å². The molecular weight excluding hydrogens is 359 g/mol. The number of rotatable bonds is 6. The molecule has 0 aliphatic carbocycles. The number of furan rings is 1. The van der Waals surface area contributed by atoms with Crippen molar-refractivity contribution in [3.8, 4) is 0 Å². The second-order valence-electron chi connectivity index (χ2n) is 6.61. The maximum Gasteiger partial charge on any atom is 0.416 e. The summed E-state index contributed by atoms with van der Waals surface area (Å²) in [6, 6.07) is 9.01. The highest BCUT2D eigenvalue weighted by molar-refractivity contribution is 5.77. The van der Waals surface area contributed by atoms with Crippen molar-refractivity contribution >= 4 is 5.91 Å². The summed E-state index contributed by atoms with van der Waals surface area (Å²) in [7, 11) is 0. The summed E-state index contributed by atoms with van der Waals surface area (Å²) in [5.41, 5.74) is 0.0290. The predicted octanol–water partition coefficient (Wildman–Crippen LogP) is 2.73. The Morgan fingerprint density at radius 1 is 1.07 bits per heavy atom. The molecule has 0 unspecified atom stereocenters. The van der Waals surface area contributed by atoms with Gasteiger partial charge in [-0.15, -0.1) is 0 Å². The van der Waals surface area contributed by atoms with Crippen LogP contribution in [0, 0.1) is 0 Å². The Morgan fingerprint density at radius 2 is 1.81 bits per heavy atom. The van der Waals surface area contributed by atoms with Gasteiger partial charge in [0.25, 0.3) is 0 Å². The number of halogens is 3. The van der Waals surface area contributed by atoms with E-state index in [0.29, 0.717) is 57.1 Å². The molecule has 27 heavy (non-hydrogen) atoms. The summed E-state index contributed by atoms with van der Waals surface area (Å²) in [4.78, 5) is 16.1. The lowest BCUT2D eigenvalue weighted by atomic mass is 10.1. The van der Waals surface area contributed by atoms with Crippen LogP contribution in [0.5, 0.6) is 0 Å². The van der Waals surface area contributed by atoms with Gasteiger partial charge in [0.2, 0.25) is 5.91 Å². The van der Waals surface area contributed by atoms with Crippen LogP contribution in [0.25, 0.3) is 0 Å². The van der Waals surface area contributed by atoms with Crippen molar-refractivity contribution in [3.63, 3.8) is 0 Å². The Balaban J connectivity index is 1.42. The van der Waals surface area contributed by atoms with E-state index >= 15 is 0 Å². The molecule has 1 aliphatic rings. The Morgan fingerprint density at radius 3 is 2.48 bits per heavy atom. The van der Waals surface area contributed by atoms with Gasteiger partial charge in [-0.25, -0.2) is 0 Å². The van der Waals surface area contributed by atoms with Gasteiger partial charge in [0, 0.05) is 32.7 Å². The fourth-order valence-electron chi connectivity index (χ4n) is 3.07. The zero-order valence-electron chi connectivity index (χ0n) is 14.8. The predicted molar refractivity (Wildman–Crippen MR) is 93.7 cm³/mol. The highest BCUT2D eigenvalue weighted by Crippen LogP contribution is 2.29. The van der Waals surface area contributed by atoms with Crippen LogP contribution in [0.15, 0.2) is 47.1 Å². The number of hydrogen-bond donors (Lipinski definition) is 1. The number of carbonyl (C=O) groups excluding carboxylic acids is 1. The molecule has 1 amide bonds. The summed E-state index contributed by atoms with van der Waals surface area (Å²) in [5, 5.41) is 2.81. The lowest BCUT2D eigenvalue weighted by molar-refractivity contribution is -0.137. The third-order valence-corrected chi connectivity index (χ3v) is 4.53. The van der Waals surface area contributed by atoms with E-state index in [9.17, 15) is 18.0 Å². The minimum Gasteiger partial charge on any atom is -0.467 e. The van der Waals surface area contributed by atoms with Crippen molar-refractivity contribution in [2.24, 2.45) is 0 Å². The Bertz CT molecular complexity index is 739. The van der Waals surface area contributed by atoms with E-state index in [4.69, 9.17) is 4.42 Å². The standard InChI is InChI=1S/C19H22F3N3O2/c20-19(21,22)16-4-1-3-15(11-16)13-24-6-8-25(9-7-24)14-18(26)23-12-17-5-2-10-27-17/h1-5,10-11H,6-9,12-14H2,(H,23,26). The van der Waals surface area contributed by atoms with Crippen molar-refractivity contribution in [2.45, 2.75) is 19.3 Å². The molecule has 1 aliphatic heterocycles. The molecule has 0 radical (unpaired) electrons. The first-order valence-corrected chi connectivity index (χ1v) is 8.80. The van der Waals surface area contributed by atoms with Crippen molar-refractivity contribution in [1.82, 2.24) is 15.1 Å². The number of piperazine rings is 1. The summed E-state index contributed by atoms with van der Waals surface area (Å²) >= 11 is 0. The van der Waals surface area contributed by atoms with Gasteiger partial charge >= 0.3 is 6.18 Å². The van der Waals surface area contributed by atoms with E-state index in [0.717, 1.165) is 6.07 Å². The molecule has 3 rings (SSSR count). The molecule has 0 atom stereocenters. The first-order chi connectivity index (χ1) is 12.9. The second kappa shape index (κ2) is 8.58. The molecule has 1 aromatic carbocycles. The fourth-order valence-corrected chi connectivity index (χ4v) is 3.07. The second-order valence-corrected chi connectivity index (χ2v) is 6.61. The molecular formula is C19H22F3N3O2. The van der Waals surface area contributed by atoms with Gasteiger partial charge in [-0.3, -0.25) is 14.6 Å². The fraction of sp³-hybridized carbons (Fsp3) is 0.421. The third kappa shape index (κ3) is 5.83. The van der Waals surface area contributed by atoms with Gasteiger partial charge in [-0.05, 0) is 23.8 Å². The maximum atomic E-state index is 12.8. The molecule has 1 N–H and O–H groups in total. The van der Waals surface area contributed by atoms with E-state index in [1.54, 1.807) is 24.5 Å². The smallest absolute Gasteiger partial charge is 0.416 e. The topological polar surface area (TPSA) is 48.7 Å². The Labute approximate surface area is 155 Å². The zero-order valence-corrected chi connectivity index (χ0v) is 14.8. The van der Waals surface area contributed by atoms with E-state index in [1.807, 2.05) is 4.90 Å². The lowest BCUT2D eigenvalue weighted by Gasteiger charge is -2.34. The maximum absolute atomic E-state index is 12.8. The Kier molecular flexibility index (Phi) is 6.18. The van der Waals surface area contributed by atoms with Crippen LogP contribution in [0.3, 0.4) is 0 Å². The quantitative estimate of drug-likeness (QED) is 0.836. The van der Waals surface area contributed by atoms with Crippen LogP contribution < -0.4 is 5.32 Å². The largest absolute Gasteiger partial charge is 0.467 e. The number of amides is 1. The molecule has 146 valence electrons. The number of alkyl halides is 3. The normalized spacial score (nSPS) is 16.4. The van der Waals surface area contributed by atoms with Gasteiger partial charge in [-0.1, -0.05) is 18.2 Å². The van der Waals surface area contributed by atoms with Crippen molar-refractivity contribution in [3.05, 3.63) is 59.5 Å². The molecule has 0 spiro atoms. The highest BCUT2D eigenvalue weighted by atomic mass is 19.4. The SMILES string of the molecule is O=C(CN1CCN(Cc2cccc(C(F)(F)F)c2)CC1)NCc1ccco1. The minimum absolute atomic E-state index is 0.0715. The van der Waals surface area contributed by atoms with Crippen molar-refractivity contribution in [2.75, 3.05) is 32.7 Å². The minimum atomic E-state index is -4.32. The van der Waals surface area contributed by atoms with Crippen LogP contribution in [0.1, 0.15) is 16.9 Å². The first-order valence-electron chi connectivity index (χ1n) is 8.80. The van der Waals surface area contributed by atoms with Crippen LogP contribution in [-0.4, -0.2) is 48.4 Å². The average Bonchev–Trinajstić information content (AvgIpc) is 3.15. The number of nitrogens with one attached hydrogen (secondary N) is 1. The monoisotopic (exact) mass is 381 g/mol. The van der Waals surface area contributed by atoms with Gasteiger partial charge in [-0.2, -0.15) is 13.2 Å². The molecule has 2 heterocycles. The molecule has 2 aromatic rings. The molecule has 1 aromatic heterocycles. The highest BCUT2D eigenvalue weighted by Gasteiger charge is 2.30. The molecule has 0 saturated carbocycles. The summed E-state index contributed by atoms with van der Waals surface area (Å²) in [6.07, 6.45) is -2.76. The molecule has 0 bridgehead atoms. The van der Waals surface area contributed by atoms with Crippen LogP contribution in [0.4, 0.5) is 13.2 Å². The van der Waals surface area contributed by atoms with Crippen LogP contribution in [0.2, 0.25) is 0 Å². The zero-order chi connectivity index (χ0) is 19.3. The lowest BCUT2D eigenvalue weighted by Crippen LogP contribution is -2.49. The average molecular weight is 381 g/mol. The van der Waals surface area contributed by atoms with Crippen LogP contribution >= 0.6 is 0 Å². The van der Waals surface area contributed by atoms with Gasteiger partial charge in [0.15, 0.2) is 0 Å². The number of carbonyl (C=O) groups is 1. The molecule has 8 heteroatoms. The summed E-state index contributed by atoms with van der Waals surface area (Å²) < 4.78 is 43.6. The first kappa shape index (κ1) is 19.4. The summed E-state index contributed by atoms with van der Waals surface area (Å²) in [5.74, 6) is 0.631.